The Morgan fingerprint density at radius 3 is 2.75 bits per heavy atom. The summed E-state index contributed by atoms with van der Waals surface area (Å²) in [5.74, 6) is 0.270. The molecule has 1 saturated heterocycles. The molecule has 0 amide bonds. The van der Waals surface area contributed by atoms with Crippen LogP contribution in [0.1, 0.15) is 18.6 Å². The third kappa shape index (κ3) is 3.39. The topological polar surface area (TPSA) is 66.8 Å². The van der Waals surface area contributed by atoms with Crippen molar-refractivity contribution in [1.82, 2.24) is 0 Å². The summed E-state index contributed by atoms with van der Waals surface area (Å²) >= 11 is 0. The average Bonchev–Trinajstić information content (AvgIpc) is 2.62. The zero-order valence-electron chi connectivity index (χ0n) is 13.6. The Morgan fingerprint density at radius 2 is 2.00 bits per heavy atom. The van der Waals surface area contributed by atoms with Crippen LogP contribution in [0.3, 0.4) is 0 Å². The van der Waals surface area contributed by atoms with Crippen molar-refractivity contribution in [3.05, 3.63) is 54.1 Å². The van der Waals surface area contributed by atoms with E-state index in [4.69, 9.17) is 4.74 Å². The highest BCUT2D eigenvalue weighted by molar-refractivity contribution is 7.91. The first kappa shape index (κ1) is 16.8. The fraction of sp³-hybridized carbons (Fsp3) is 0.333. The Bertz CT molecular complexity index is 819. The fourth-order valence-corrected chi connectivity index (χ4v) is 4.04. The van der Waals surface area contributed by atoms with Crippen LogP contribution in [0, 0.1) is 0 Å². The number of phenolic OH excluding ortho intramolecular Hbond substituents is 1. The van der Waals surface area contributed by atoms with Crippen molar-refractivity contribution < 1.29 is 18.3 Å². The molecule has 0 aromatic heterocycles. The Morgan fingerprint density at radius 1 is 1.21 bits per heavy atom. The normalized spacial score (nSPS) is 18.5. The zero-order valence-corrected chi connectivity index (χ0v) is 14.4. The van der Waals surface area contributed by atoms with Crippen LogP contribution in [0.25, 0.3) is 0 Å². The summed E-state index contributed by atoms with van der Waals surface area (Å²) < 4.78 is 30.6. The van der Waals surface area contributed by atoms with Crippen LogP contribution in [-0.2, 0) is 14.6 Å². The van der Waals surface area contributed by atoms with Gasteiger partial charge in [0.1, 0.15) is 11.9 Å². The molecule has 0 unspecified atom stereocenters. The van der Waals surface area contributed by atoms with Crippen molar-refractivity contribution >= 4 is 15.5 Å². The fourth-order valence-electron chi connectivity index (χ4n) is 2.93. The molecule has 128 valence electrons. The number of benzene rings is 2. The highest BCUT2D eigenvalue weighted by Gasteiger charge is 2.26. The summed E-state index contributed by atoms with van der Waals surface area (Å²) in [5, 5.41) is 9.66. The summed E-state index contributed by atoms with van der Waals surface area (Å²) in [6, 6.07) is 14.1. The van der Waals surface area contributed by atoms with E-state index >= 15 is 0 Å². The van der Waals surface area contributed by atoms with Crippen LogP contribution in [0.2, 0.25) is 0 Å². The molecule has 1 heterocycles. The number of rotatable bonds is 4. The van der Waals surface area contributed by atoms with Crippen molar-refractivity contribution in [2.75, 3.05) is 30.3 Å². The van der Waals surface area contributed by atoms with E-state index in [9.17, 15) is 13.5 Å². The van der Waals surface area contributed by atoms with Crippen LogP contribution >= 0.6 is 0 Å². The molecule has 0 saturated carbocycles. The lowest BCUT2D eigenvalue weighted by atomic mass is 10.1. The predicted molar refractivity (Wildman–Crippen MR) is 93.2 cm³/mol. The minimum atomic E-state index is -3.29. The van der Waals surface area contributed by atoms with Crippen LogP contribution in [0.5, 0.6) is 5.75 Å². The van der Waals surface area contributed by atoms with Gasteiger partial charge < -0.3 is 14.7 Å². The summed E-state index contributed by atoms with van der Waals surface area (Å²) in [7, 11) is -3.29. The van der Waals surface area contributed by atoms with E-state index in [2.05, 4.69) is 0 Å². The lowest BCUT2D eigenvalue weighted by molar-refractivity contribution is 0.0395. The second-order valence-corrected chi connectivity index (χ2v) is 8.02. The molecule has 24 heavy (non-hydrogen) atoms. The highest BCUT2D eigenvalue weighted by atomic mass is 32.2. The van der Waals surface area contributed by atoms with Crippen LogP contribution in [-0.4, -0.2) is 39.0 Å². The molecule has 6 heteroatoms. The van der Waals surface area contributed by atoms with Gasteiger partial charge in [-0.15, -0.1) is 0 Å². The summed E-state index contributed by atoms with van der Waals surface area (Å²) in [6.07, 6.45) is -0.205. The van der Waals surface area contributed by atoms with Gasteiger partial charge in [-0.2, -0.15) is 0 Å². The van der Waals surface area contributed by atoms with Crippen molar-refractivity contribution in [3.63, 3.8) is 0 Å². The smallest absolute Gasteiger partial charge is 0.180 e. The monoisotopic (exact) mass is 347 g/mol. The zero-order chi connectivity index (χ0) is 17.2. The number of morpholine rings is 1. The SMILES string of the molecule is CCS(=O)(=O)c1ccccc1N1CCO[C@@H](c2cccc(O)c2)C1. The van der Waals surface area contributed by atoms with E-state index in [1.807, 2.05) is 23.1 Å². The van der Waals surface area contributed by atoms with E-state index in [1.165, 1.54) is 0 Å². The highest BCUT2D eigenvalue weighted by Crippen LogP contribution is 2.31. The number of aromatic hydroxyl groups is 1. The summed E-state index contributed by atoms with van der Waals surface area (Å²) in [4.78, 5) is 2.41. The van der Waals surface area contributed by atoms with E-state index in [0.717, 1.165) is 5.56 Å². The van der Waals surface area contributed by atoms with E-state index < -0.39 is 9.84 Å². The number of nitrogens with zero attached hydrogens (tertiary/aromatic N) is 1. The number of anilines is 1. The largest absolute Gasteiger partial charge is 0.508 e. The second kappa shape index (κ2) is 6.83. The molecule has 1 N–H and O–H groups in total. The van der Waals surface area contributed by atoms with Crippen LogP contribution in [0.4, 0.5) is 5.69 Å². The quantitative estimate of drug-likeness (QED) is 0.921. The first-order chi connectivity index (χ1) is 11.5. The van der Waals surface area contributed by atoms with Gasteiger partial charge in [0.05, 0.1) is 22.9 Å². The van der Waals surface area contributed by atoms with E-state index in [-0.39, 0.29) is 17.6 Å². The molecular weight excluding hydrogens is 326 g/mol. The maximum Gasteiger partial charge on any atom is 0.180 e. The van der Waals surface area contributed by atoms with E-state index in [1.54, 1.807) is 37.3 Å². The van der Waals surface area contributed by atoms with Gasteiger partial charge >= 0.3 is 0 Å². The van der Waals surface area contributed by atoms with Crippen LogP contribution < -0.4 is 4.90 Å². The van der Waals surface area contributed by atoms with Gasteiger partial charge in [-0.05, 0) is 29.8 Å². The third-order valence-corrected chi connectivity index (χ3v) is 6.00. The Kier molecular flexibility index (Phi) is 4.78. The van der Waals surface area contributed by atoms with Crippen molar-refractivity contribution in [1.29, 1.82) is 0 Å². The molecule has 5 nitrogen and oxygen atoms in total. The number of phenols is 1. The lowest BCUT2D eigenvalue weighted by Crippen LogP contribution is -2.39. The average molecular weight is 347 g/mol. The standard InChI is InChI=1S/C18H21NO4S/c1-2-24(21,22)18-9-4-3-8-16(18)19-10-11-23-17(13-19)14-6-5-7-15(20)12-14/h3-9,12,17,20H,2,10-11,13H2,1H3/t17-/m1/s1. The first-order valence-corrected chi connectivity index (χ1v) is 9.64. The second-order valence-electron chi connectivity index (χ2n) is 5.77. The van der Waals surface area contributed by atoms with Gasteiger partial charge in [0, 0.05) is 13.1 Å². The molecular formula is C18H21NO4S. The third-order valence-electron chi connectivity index (χ3n) is 4.23. The molecule has 1 aliphatic rings. The Hall–Kier alpha value is -2.05. The van der Waals surface area contributed by atoms with Gasteiger partial charge in [-0.25, -0.2) is 8.42 Å². The molecule has 0 bridgehead atoms. The van der Waals surface area contributed by atoms with Gasteiger partial charge in [-0.3, -0.25) is 0 Å². The molecule has 0 aliphatic carbocycles. The lowest BCUT2D eigenvalue weighted by Gasteiger charge is -2.35. The van der Waals surface area contributed by atoms with Crippen molar-refractivity contribution in [2.45, 2.75) is 17.9 Å². The van der Waals surface area contributed by atoms with Gasteiger partial charge in [-0.1, -0.05) is 31.2 Å². The number of hydrogen-bond acceptors (Lipinski definition) is 5. The number of para-hydroxylation sites is 1. The summed E-state index contributed by atoms with van der Waals surface area (Å²) in [5.41, 5.74) is 1.60. The molecule has 0 spiro atoms. The van der Waals surface area contributed by atoms with Crippen molar-refractivity contribution in [2.24, 2.45) is 0 Å². The molecule has 1 atom stereocenters. The first-order valence-electron chi connectivity index (χ1n) is 7.98. The maximum absolute atomic E-state index is 12.4. The minimum absolute atomic E-state index is 0.0737. The Balaban J connectivity index is 1.91. The van der Waals surface area contributed by atoms with Gasteiger partial charge in [0.2, 0.25) is 0 Å². The number of hydrogen-bond donors (Lipinski definition) is 1. The summed E-state index contributed by atoms with van der Waals surface area (Å²) in [6.45, 7) is 3.33. The number of sulfone groups is 1. The maximum atomic E-state index is 12.4. The Labute approximate surface area is 142 Å². The predicted octanol–water partition coefficient (Wildman–Crippen LogP) is 2.76. The van der Waals surface area contributed by atoms with Gasteiger partial charge in [0.15, 0.2) is 9.84 Å². The molecule has 1 aliphatic heterocycles. The van der Waals surface area contributed by atoms with Crippen LogP contribution in [0.15, 0.2) is 53.4 Å². The van der Waals surface area contributed by atoms with Crippen molar-refractivity contribution in [3.8, 4) is 5.75 Å². The molecule has 0 radical (unpaired) electrons. The molecule has 2 aromatic rings. The minimum Gasteiger partial charge on any atom is -0.508 e. The molecule has 3 rings (SSSR count). The van der Waals surface area contributed by atoms with Gasteiger partial charge in [0.25, 0.3) is 0 Å². The molecule has 2 aromatic carbocycles. The number of ether oxygens (including phenoxy) is 1. The molecule has 1 fully saturated rings. The van der Waals surface area contributed by atoms with E-state index in [0.29, 0.717) is 30.3 Å².